The summed E-state index contributed by atoms with van der Waals surface area (Å²) in [5.74, 6) is 0.119. The Morgan fingerprint density at radius 2 is 2.00 bits per heavy atom. The van der Waals surface area contributed by atoms with E-state index < -0.39 is 0 Å². The molecule has 1 N–H and O–H groups in total. The highest BCUT2D eigenvalue weighted by Crippen LogP contribution is 2.34. The van der Waals surface area contributed by atoms with Crippen molar-refractivity contribution >= 4 is 23.6 Å². The van der Waals surface area contributed by atoms with Crippen LogP contribution < -0.4 is 0 Å². The van der Waals surface area contributed by atoms with Crippen molar-refractivity contribution in [3.63, 3.8) is 0 Å². The molecule has 0 spiro atoms. The molecular weight excluding hydrogens is 298 g/mol. The van der Waals surface area contributed by atoms with Gasteiger partial charge in [0.1, 0.15) is 5.76 Å². The van der Waals surface area contributed by atoms with Crippen LogP contribution in [0.4, 0.5) is 0 Å². The standard InChI is InChI=1S/C18H20ClNO2/c19-14-5-3-4-12(8-14)13-9-17(21)16(18(22)10-13)11-20-15-6-1-2-7-15/h3-5,8,11,13,15,21H,1-2,6-7,9-10H2/t13-/m1/s1. The Labute approximate surface area is 135 Å². The fourth-order valence-corrected chi connectivity index (χ4v) is 3.48. The third kappa shape index (κ3) is 3.41. The minimum Gasteiger partial charge on any atom is -0.511 e. The maximum Gasteiger partial charge on any atom is 0.168 e. The minimum absolute atomic E-state index is 0.00479. The van der Waals surface area contributed by atoms with Gasteiger partial charge in [-0.05, 0) is 36.5 Å². The second kappa shape index (κ2) is 6.66. The average molecular weight is 318 g/mol. The number of carbonyl (C=O) groups is 1. The number of carbonyl (C=O) groups excluding carboxylic acids is 1. The number of Topliss-reactive ketones (excluding diaryl/α,β-unsaturated/α-hetero) is 1. The number of nitrogens with zero attached hydrogens (tertiary/aromatic N) is 1. The lowest BCUT2D eigenvalue weighted by Gasteiger charge is -2.22. The Balaban J connectivity index is 1.76. The first-order chi connectivity index (χ1) is 10.6. The fraction of sp³-hybridized carbons (Fsp3) is 0.444. The molecule has 0 heterocycles. The van der Waals surface area contributed by atoms with Gasteiger partial charge in [-0.25, -0.2) is 0 Å². The van der Waals surface area contributed by atoms with Crippen molar-refractivity contribution < 1.29 is 9.90 Å². The number of rotatable bonds is 3. The maximum absolute atomic E-state index is 12.3. The number of aliphatic imine (C=N–C) groups is 1. The first-order valence-electron chi connectivity index (χ1n) is 7.87. The predicted octanol–water partition coefficient (Wildman–Crippen LogP) is 4.61. The first-order valence-corrected chi connectivity index (χ1v) is 8.25. The number of hydrogen-bond acceptors (Lipinski definition) is 3. The second-order valence-corrected chi connectivity index (χ2v) is 6.60. The van der Waals surface area contributed by atoms with Crippen LogP contribution in [0.1, 0.15) is 50.0 Å². The highest BCUT2D eigenvalue weighted by molar-refractivity contribution is 6.30. The molecule has 0 aliphatic heterocycles. The quantitative estimate of drug-likeness (QED) is 0.827. The zero-order valence-electron chi connectivity index (χ0n) is 12.5. The van der Waals surface area contributed by atoms with Crippen LogP contribution in [0.3, 0.4) is 0 Å². The molecule has 1 atom stereocenters. The van der Waals surface area contributed by atoms with Gasteiger partial charge in [-0.15, -0.1) is 0 Å². The molecule has 22 heavy (non-hydrogen) atoms. The number of aliphatic hydroxyl groups is 1. The van der Waals surface area contributed by atoms with E-state index in [0.717, 1.165) is 18.4 Å². The minimum atomic E-state index is -0.0320. The summed E-state index contributed by atoms with van der Waals surface area (Å²) >= 11 is 6.01. The molecule has 0 aromatic heterocycles. The molecule has 2 aliphatic rings. The van der Waals surface area contributed by atoms with Crippen molar-refractivity contribution in [2.75, 3.05) is 0 Å². The Kier molecular flexibility index (Phi) is 4.63. The van der Waals surface area contributed by atoms with E-state index >= 15 is 0 Å². The van der Waals surface area contributed by atoms with Crippen molar-refractivity contribution in [1.82, 2.24) is 0 Å². The topological polar surface area (TPSA) is 49.7 Å². The molecule has 2 aliphatic carbocycles. The summed E-state index contributed by atoms with van der Waals surface area (Å²) in [6.45, 7) is 0. The summed E-state index contributed by atoms with van der Waals surface area (Å²) in [4.78, 5) is 16.8. The van der Waals surface area contributed by atoms with Crippen LogP contribution in [0, 0.1) is 0 Å². The number of aliphatic hydroxyl groups excluding tert-OH is 1. The van der Waals surface area contributed by atoms with Crippen LogP contribution >= 0.6 is 11.6 Å². The van der Waals surface area contributed by atoms with Gasteiger partial charge in [0, 0.05) is 30.1 Å². The lowest BCUT2D eigenvalue weighted by Crippen LogP contribution is -2.19. The third-order valence-electron chi connectivity index (χ3n) is 4.54. The van der Waals surface area contributed by atoms with Gasteiger partial charge in [0.15, 0.2) is 5.78 Å². The van der Waals surface area contributed by atoms with Crippen LogP contribution in [-0.4, -0.2) is 23.1 Å². The number of benzene rings is 1. The summed E-state index contributed by atoms with van der Waals surface area (Å²) in [6, 6.07) is 7.82. The molecule has 1 saturated carbocycles. The SMILES string of the molecule is O=C1C[C@H](c2cccc(Cl)c2)CC(O)=C1C=NC1CCCC1. The smallest absolute Gasteiger partial charge is 0.168 e. The summed E-state index contributed by atoms with van der Waals surface area (Å²) in [5, 5.41) is 10.9. The summed E-state index contributed by atoms with van der Waals surface area (Å²) in [7, 11) is 0. The normalized spacial score (nSPS) is 23.7. The Hall–Kier alpha value is -1.61. The van der Waals surface area contributed by atoms with Crippen molar-refractivity contribution in [2.24, 2.45) is 4.99 Å². The van der Waals surface area contributed by atoms with Crippen molar-refractivity contribution in [2.45, 2.75) is 50.5 Å². The van der Waals surface area contributed by atoms with E-state index in [-0.39, 0.29) is 17.5 Å². The number of hydrogen-bond donors (Lipinski definition) is 1. The van der Waals surface area contributed by atoms with Gasteiger partial charge in [-0.1, -0.05) is 36.6 Å². The van der Waals surface area contributed by atoms with E-state index in [1.165, 1.54) is 12.8 Å². The highest BCUT2D eigenvalue weighted by Gasteiger charge is 2.28. The van der Waals surface area contributed by atoms with E-state index in [9.17, 15) is 9.90 Å². The molecule has 1 aromatic carbocycles. The number of halogens is 1. The van der Waals surface area contributed by atoms with Crippen LogP contribution in [0.15, 0.2) is 40.6 Å². The lowest BCUT2D eigenvalue weighted by molar-refractivity contribution is -0.116. The van der Waals surface area contributed by atoms with Gasteiger partial charge in [-0.3, -0.25) is 9.79 Å². The molecule has 3 rings (SSSR count). The van der Waals surface area contributed by atoms with Crippen molar-refractivity contribution in [3.8, 4) is 0 Å². The zero-order valence-corrected chi connectivity index (χ0v) is 13.2. The maximum atomic E-state index is 12.3. The summed E-state index contributed by atoms with van der Waals surface area (Å²) in [5.41, 5.74) is 1.39. The number of allylic oxidation sites excluding steroid dienone is 2. The van der Waals surface area contributed by atoms with Gasteiger partial charge >= 0.3 is 0 Å². The van der Waals surface area contributed by atoms with Gasteiger partial charge in [-0.2, -0.15) is 0 Å². The molecule has 0 unspecified atom stereocenters. The van der Waals surface area contributed by atoms with Gasteiger partial charge in [0.2, 0.25) is 0 Å². The Morgan fingerprint density at radius 3 is 2.68 bits per heavy atom. The van der Waals surface area contributed by atoms with Gasteiger partial charge in [0.05, 0.1) is 5.57 Å². The molecule has 0 bridgehead atoms. The summed E-state index contributed by atoms with van der Waals surface area (Å²) < 4.78 is 0. The van der Waals surface area contributed by atoms with Crippen LogP contribution in [-0.2, 0) is 4.79 Å². The van der Waals surface area contributed by atoms with Gasteiger partial charge in [0.25, 0.3) is 0 Å². The fourth-order valence-electron chi connectivity index (χ4n) is 3.29. The average Bonchev–Trinajstić information content (AvgIpc) is 2.99. The van der Waals surface area contributed by atoms with Crippen LogP contribution in [0.25, 0.3) is 0 Å². The van der Waals surface area contributed by atoms with E-state index in [2.05, 4.69) is 4.99 Å². The highest BCUT2D eigenvalue weighted by atomic mass is 35.5. The zero-order chi connectivity index (χ0) is 15.5. The largest absolute Gasteiger partial charge is 0.511 e. The molecule has 1 aromatic rings. The molecule has 0 saturated heterocycles. The monoisotopic (exact) mass is 317 g/mol. The Bertz CT molecular complexity index is 630. The van der Waals surface area contributed by atoms with Crippen molar-refractivity contribution in [1.29, 1.82) is 0 Å². The van der Waals surface area contributed by atoms with Gasteiger partial charge < -0.3 is 5.11 Å². The lowest BCUT2D eigenvalue weighted by atomic mass is 9.83. The van der Waals surface area contributed by atoms with E-state index in [4.69, 9.17) is 11.6 Å². The molecule has 1 fully saturated rings. The Morgan fingerprint density at radius 1 is 1.23 bits per heavy atom. The number of ketones is 1. The molecule has 4 heteroatoms. The molecule has 0 amide bonds. The van der Waals surface area contributed by atoms with Crippen molar-refractivity contribution in [3.05, 3.63) is 46.2 Å². The second-order valence-electron chi connectivity index (χ2n) is 6.16. The molecule has 116 valence electrons. The first kappa shape index (κ1) is 15.3. The van der Waals surface area contributed by atoms with E-state index in [1.807, 2.05) is 24.3 Å². The van der Waals surface area contributed by atoms with Crippen LogP contribution in [0.2, 0.25) is 5.02 Å². The molecule has 3 nitrogen and oxygen atoms in total. The van der Waals surface area contributed by atoms with Crippen LogP contribution in [0.5, 0.6) is 0 Å². The molecule has 0 radical (unpaired) electrons. The predicted molar refractivity (Wildman–Crippen MR) is 88.8 cm³/mol. The van der Waals surface area contributed by atoms with E-state index in [0.29, 0.717) is 29.5 Å². The summed E-state index contributed by atoms with van der Waals surface area (Å²) in [6.07, 6.45) is 7.06. The third-order valence-corrected chi connectivity index (χ3v) is 4.78. The molecular formula is C18H20ClNO2. The van der Waals surface area contributed by atoms with E-state index in [1.54, 1.807) is 6.21 Å².